The predicted molar refractivity (Wildman–Crippen MR) is 256 cm³/mol. The molecule has 0 bridgehead atoms. The molecule has 0 amide bonds. The highest BCUT2D eigenvalue weighted by atomic mass is 16.3. The summed E-state index contributed by atoms with van der Waals surface area (Å²) in [6, 6.07) is 74.5. The molecule has 61 heavy (non-hydrogen) atoms. The SMILES string of the molecule is C1=Cc2ccc3c(c2CC1)c1c2oc4ccccc4c2cc(N(c2ccc(-c4ccccc4)cc2)c2ccc(-c4ccccc4)cc2)c1n3-c1ccc(-c2ccccc2)cc1. The summed E-state index contributed by atoms with van der Waals surface area (Å²) in [5, 5.41) is 4.61. The minimum atomic E-state index is 0.889. The van der Waals surface area contributed by atoms with E-state index in [2.05, 4.69) is 228 Å². The summed E-state index contributed by atoms with van der Waals surface area (Å²) in [6.45, 7) is 0. The van der Waals surface area contributed by atoms with Crippen molar-refractivity contribution in [3.63, 3.8) is 0 Å². The Bertz CT molecular complexity index is 3330. The zero-order valence-corrected chi connectivity index (χ0v) is 33.5. The molecule has 288 valence electrons. The number of hydrogen-bond acceptors (Lipinski definition) is 2. The maximum Gasteiger partial charge on any atom is 0.145 e. The first-order valence-corrected chi connectivity index (χ1v) is 21.1. The average molecular weight is 781 g/mol. The molecule has 9 aromatic carbocycles. The summed E-state index contributed by atoms with van der Waals surface area (Å²) in [5.41, 5.74) is 18.2. The van der Waals surface area contributed by atoms with Crippen LogP contribution in [0.1, 0.15) is 17.5 Å². The molecule has 0 atom stereocenters. The molecular weight excluding hydrogens is 741 g/mol. The van der Waals surface area contributed by atoms with Gasteiger partial charge >= 0.3 is 0 Å². The van der Waals surface area contributed by atoms with E-state index in [0.29, 0.717) is 0 Å². The van der Waals surface area contributed by atoms with Gasteiger partial charge in [0.05, 0.1) is 22.1 Å². The number of hydrogen-bond donors (Lipinski definition) is 0. The normalized spacial score (nSPS) is 12.4. The van der Waals surface area contributed by atoms with E-state index in [-0.39, 0.29) is 0 Å². The molecule has 2 heterocycles. The number of allylic oxidation sites excluding steroid dienone is 1. The van der Waals surface area contributed by atoms with Crippen molar-refractivity contribution in [1.29, 1.82) is 0 Å². The van der Waals surface area contributed by atoms with Crippen molar-refractivity contribution < 1.29 is 4.42 Å². The van der Waals surface area contributed by atoms with E-state index in [1.807, 2.05) is 0 Å². The molecule has 1 aliphatic carbocycles. The lowest BCUT2D eigenvalue weighted by atomic mass is 9.92. The van der Waals surface area contributed by atoms with Crippen LogP contribution in [0, 0.1) is 0 Å². The second kappa shape index (κ2) is 14.4. The van der Waals surface area contributed by atoms with Gasteiger partial charge in [-0.1, -0.05) is 164 Å². The van der Waals surface area contributed by atoms with Crippen molar-refractivity contribution in [3.8, 4) is 39.1 Å². The molecule has 1 aliphatic rings. The van der Waals surface area contributed by atoms with Gasteiger partial charge < -0.3 is 13.9 Å². The highest BCUT2D eigenvalue weighted by Gasteiger charge is 2.28. The standard InChI is InChI=1S/C58H40N2O/c1-4-14-39(15-5-1)42-24-31-46(32-25-42)59(47-33-26-43(27-34-47)40-16-6-2-7-17-40)53-38-51-50-22-12-13-23-54(50)61-58(51)56-55-49-21-11-10-20-45(49)30-37-52(55)60(57(53)56)48-35-28-44(29-36-48)41-18-8-3-9-19-41/h1-10,12-20,22-38H,11,21H2. The van der Waals surface area contributed by atoms with E-state index < -0.39 is 0 Å². The highest BCUT2D eigenvalue weighted by molar-refractivity contribution is 6.28. The maximum absolute atomic E-state index is 7.02. The highest BCUT2D eigenvalue weighted by Crippen LogP contribution is 2.50. The van der Waals surface area contributed by atoms with Crippen LogP contribution in [0.15, 0.2) is 217 Å². The van der Waals surface area contributed by atoms with Crippen LogP contribution in [-0.2, 0) is 6.42 Å². The zero-order chi connectivity index (χ0) is 40.3. The first-order chi connectivity index (χ1) is 30.3. The van der Waals surface area contributed by atoms with Gasteiger partial charge in [0.25, 0.3) is 0 Å². The van der Waals surface area contributed by atoms with Gasteiger partial charge in [-0.2, -0.15) is 0 Å². The Labute approximate surface area is 354 Å². The lowest BCUT2D eigenvalue weighted by molar-refractivity contribution is 0.673. The van der Waals surface area contributed by atoms with E-state index in [4.69, 9.17) is 4.42 Å². The second-order valence-corrected chi connectivity index (χ2v) is 16.0. The number of rotatable bonds is 7. The summed E-state index contributed by atoms with van der Waals surface area (Å²) in [5.74, 6) is 0. The van der Waals surface area contributed by atoms with Crippen LogP contribution in [0.25, 0.3) is 88.9 Å². The number of furan rings is 1. The maximum atomic E-state index is 7.02. The van der Waals surface area contributed by atoms with Gasteiger partial charge in [0, 0.05) is 33.2 Å². The van der Waals surface area contributed by atoms with Crippen molar-refractivity contribution in [2.24, 2.45) is 0 Å². The summed E-state index contributed by atoms with van der Waals surface area (Å²) >= 11 is 0. The van der Waals surface area contributed by atoms with Crippen molar-refractivity contribution >= 4 is 66.9 Å². The third kappa shape index (κ3) is 5.89. The number of anilines is 3. The van der Waals surface area contributed by atoms with E-state index in [1.165, 1.54) is 55.4 Å². The Hall–Kier alpha value is -7.88. The van der Waals surface area contributed by atoms with Crippen molar-refractivity contribution in [1.82, 2.24) is 4.57 Å². The molecule has 0 saturated carbocycles. The lowest BCUT2D eigenvalue weighted by Crippen LogP contribution is -2.12. The largest absolute Gasteiger partial charge is 0.455 e. The molecule has 0 N–H and O–H groups in total. The van der Waals surface area contributed by atoms with Crippen LogP contribution in [0.3, 0.4) is 0 Å². The van der Waals surface area contributed by atoms with Gasteiger partial charge in [-0.3, -0.25) is 0 Å². The van der Waals surface area contributed by atoms with Gasteiger partial charge in [-0.05, 0) is 112 Å². The summed E-state index contributed by atoms with van der Waals surface area (Å²) in [4.78, 5) is 2.45. The van der Waals surface area contributed by atoms with Crippen LogP contribution in [0.4, 0.5) is 17.1 Å². The third-order valence-corrected chi connectivity index (χ3v) is 12.5. The lowest BCUT2D eigenvalue weighted by Gasteiger charge is -2.28. The number of nitrogens with zero attached hydrogens (tertiary/aromatic N) is 2. The van der Waals surface area contributed by atoms with E-state index >= 15 is 0 Å². The number of benzene rings is 9. The van der Waals surface area contributed by atoms with Crippen LogP contribution in [-0.4, -0.2) is 4.57 Å². The Balaban J connectivity index is 1.19. The molecule has 0 unspecified atom stereocenters. The Morgan fingerprint density at radius 2 is 0.984 bits per heavy atom. The quantitative estimate of drug-likeness (QED) is 0.161. The predicted octanol–water partition coefficient (Wildman–Crippen LogP) is 16.1. The smallest absolute Gasteiger partial charge is 0.145 e. The van der Waals surface area contributed by atoms with E-state index in [1.54, 1.807) is 0 Å². The molecule has 0 radical (unpaired) electrons. The molecule has 2 aromatic heterocycles. The summed E-state index contributed by atoms with van der Waals surface area (Å²) in [7, 11) is 0. The Morgan fingerprint density at radius 3 is 1.57 bits per heavy atom. The van der Waals surface area contributed by atoms with Crippen LogP contribution < -0.4 is 4.90 Å². The minimum Gasteiger partial charge on any atom is -0.455 e. The fourth-order valence-corrected chi connectivity index (χ4v) is 9.56. The van der Waals surface area contributed by atoms with Crippen molar-refractivity contribution in [2.75, 3.05) is 4.90 Å². The fourth-order valence-electron chi connectivity index (χ4n) is 9.56. The summed E-state index contributed by atoms with van der Waals surface area (Å²) in [6.07, 6.45) is 6.57. The molecule has 3 heteroatoms. The Kier molecular flexibility index (Phi) is 8.31. The number of aryl methyl sites for hydroxylation is 1. The molecule has 0 saturated heterocycles. The molecular formula is C58H40N2O. The molecule has 3 nitrogen and oxygen atoms in total. The molecule has 12 rings (SSSR count). The second-order valence-electron chi connectivity index (χ2n) is 16.0. The monoisotopic (exact) mass is 780 g/mol. The van der Waals surface area contributed by atoms with Gasteiger partial charge in [-0.15, -0.1) is 0 Å². The fraction of sp³-hybridized carbons (Fsp3) is 0.0345. The third-order valence-electron chi connectivity index (χ3n) is 12.5. The van der Waals surface area contributed by atoms with Gasteiger partial charge in [-0.25, -0.2) is 0 Å². The zero-order valence-electron chi connectivity index (χ0n) is 33.5. The first kappa shape index (κ1) is 35.1. The molecule has 11 aromatic rings. The van der Waals surface area contributed by atoms with Crippen molar-refractivity contribution in [3.05, 3.63) is 223 Å². The van der Waals surface area contributed by atoms with E-state index in [0.717, 1.165) is 68.4 Å². The van der Waals surface area contributed by atoms with Crippen LogP contribution in [0.2, 0.25) is 0 Å². The van der Waals surface area contributed by atoms with Gasteiger partial charge in [0.15, 0.2) is 0 Å². The van der Waals surface area contributed by atoms with Gasteiger partial charge in [0.2, 0.25) is 0 Å². The average Bonchev–Trinajstić information content (AvgIpc) is 3.90. The number of fused-ring (bicyclic) bond motifs is 9. The number of aromatic nitrogens is 1. The topological polar surface area (TPSA) is 21.3 Å². The number of para-hydroxylation sites is 1. The molecule has 0 fully saturated rings. The minimum absolute atomic E-state index is 0.889. The first-order valence-electron chi connectivity index (χ1n) is 21.1. The van der Waals surface area contributed by atoms with Gasteiger partial charge in [0.1, 0.15) is 11.2 Å². The summed E-state index contributed by atoms with van der Waals surface area (Å²) < 4.78 is 9.51. The van der Waals surface area contributed by atoms with Crippen molar-refractivity contribution in [2.45, 2.75) is 12.8 Å². The van der Waals surface area contributed by atoms with Crippen LogP contribution in [0.5, 0.6) is 0 Å². The van der Waals surface area contributed by atoms with E-state index in [9.17, 15) is 0 Å². The Morgan fingerprint density at radius 1 is 0.459 bits per heavy atom. The van der Waals surface area contributed by atoms with Crippen LogP contribution >= 0.6 is 0 Å². The molecule has 0 spiro atoms. The molecule has 0 aliphatic heterocycles.